The maximum Gasteiger partial charge on any atom is 0.294 e. The topological polar surface area (TPSA) is 170 Å². The van der Waals surface area contributed by atoms with Crippen LogP contribution in [0.2, 0.25) is 0 Å². The van der Waals surface area contributed by atoms with Crippen molar-refractivity contribution in [3.8, 4) is 0 Å². The summed E-state index contributed by atoms with van der Waals surface area (Å²) in [7, 11) is 0. The molecule has 0 bridgehead atoms. The van der Waals surface area contributed by atoms with E-state index in [1.54, 1.807) is 12.1 Å². The molecule has 2 N–H and O–H groups in total. The molecule has 1 aliphatic heterocycles. The monoisotopic (exact) mass is 508 g/mol. The number of morpholine rings is 1. The second-order valence-corrected chi connectivity index (χ2v) is 8.90. The summed E-state index contributed by atoms with van der Waals surface area (Å²) < 4.78 is 10.9. The Hall–Kier alpha value is -4.39. The summed E-state index contributed by atoms with van der Waals surface area (Å²) in [6, 6.07) is 5.88. The third-order valence-electron chi connectivity index (χ3n) is 6.63. The Bertz CT molecular complexity index is 1350. The SMILES string of the molecule is O=C(Nc1ccc([N+](=O)[O-])cn1)c1oc2cccnc2c1NC(=O)[C@H]1CC[C@H](N2CCOCC2=O)CC1. The second kappa shape index (κ2) is 10.3. The zero-order chi connectivity index (χ0) is 25.9. The quantitative estimate of drug-likeness (QED) is 0.375. The number of carbonyl (C=O) groups is 3. The smallest absolute Gasteiger partial charge is 0.294 e. The van der Waals surface area contributed by atoms with Crippen LogP contribution in [0.1, 0.15) is 36.2 Å². The average molecular weight is 508 g/mol. The summed E-state index contributed by atoms with van der Waals surface area (Å²) in [5.41, 5.74) is 0.566. The van der Waals surface area contributed by atoms with Gasteiger partial charge in [-0.1, -0.05) is 0 Å². The van der Waals surface area contributed by atoms with Crippen molar-refractivity contribution >= 4 is 46.0 Å². The maximum atomic E-state index is 13.2. The van der Waals surface area contributed by atoms with Crippen molar-refractivity contribution < 1.29 is 28.5 Å². The number of fused-ring (bicyclic) bond motifs is 1. The van der Waals surface area contributed by atoms with Gasteiger partial charge in [-0.25, -0.2) is 4.98 Å². The number of anilines is 2. The normalized spacial score (nSPS) is 20.0. The van der Waals surface area contributed by atoms with Crippen LogP contribution in [0, 0.1) is 16.0 Å². The molecule has 5 rings (SSSR count). The standard InChI is InChI=1S/C24H24N6O7/c31-19-13-36-11-10-29(19)15-5-3-14(4-6-15)23(32)28-21-20-17(2-1-9-25-20)37-22(21)24(33)27-18-8-7-16(12-26-18)30(34)35/h1-2,7-9,12,14-15H,3-6,10-11,13H2,(H,28,32)(H,26,27,33)/t14-,15-. The Balaban J connectivity index is 1.30. The fraction of sp³-hybridized carbons (Fsp3) is 0.375. The summed E-state index contributed by atoms with van der Waals surface area (Å²) in [4.78, 5) is 58.6. The third kappa shape index (κ3) is 5.11. The molecular weight excluding hydrogens is 484 g/mol. The lowest BCUT2D eigenvalue weighted by atomic mass is 9.84. The molecule has 2 aliphatic rings. The minimum Gasteiger partial charge on any atom is -0.447 e. The Morgan fingerprint density at radius 1 is 1.11 bits per heavy atom. The molecule has 0 aromatic carbocycles. The van der Waals surface area contributed by atoms with E-state index in [1.807, 2.05) is 4.90 Å². The van der Waals surface area contributed by atoms with Gasteiger partial charge in [0.05, 0.1) is 11.5 Å². The van der Waals surface area contributed by atoms with E-state index in [9.17, 15) is 24.5 Å². The number of aromatic nitrogens is 2. The lowest BCUT2D eigenvalue weighted by Crippen LogP contribution is -2.49. The van der Waals surface area contributed by atoms with Crippen molar-refractivity contribution in [2.45, 2.75) is 31.7 Å². The van der Waals surface area contributed by atoms with Crippen LogP contribution in [0.3, 0.4) is 0 Å². The van der Waals surface area contributed by atoms with E-state index < -0.39 is 10.8 Å². The molecule has 0 spiro atoms. The Morgan fingerprint density at radius 2 is 1.92 bits per heavy atom. The summed E-state index contributed by atoms with van der Waals surface area (Å²) in [6.45, 7) is 1.18. The molecular formula is C24H24N6O7. The minimum absolute atomic E-state index is 0.0201. The predicted molar refractivity (Wildman–Crippen MR) is 130 cm³/mol. The van der Waals surface area contributed by atoms with Crippen LogP contribution in [0.15, 0.2) is 41.1 Å². The largest absolute Gasteiger partial charge is 0.447 e. The molecule has 0 unspecified atom stereocenters. The van der Waals surface area contributed by atoms with E-state index in [1.165, 1.54) is 18.3 Å². The molecule has 4 heterocycles. The summed E-state index contributed by atoms with van der Waals surface area (Å²) in [5.74, 6) is -1.35. The highest BCUT2D eigenvalue weighted by Crippen LogP contribution is 2.33. The molecule has 1 aliphatic carbocycles. The van der Waals surface area contributed by atoms with E-state index in [4.69, 9.17) is 9.15 Å². The molecule has 3 amide bonds. The van der Waals surface area contributed by atoms with Crippen LogP contribution in [-0.2, 0) is 14.3 Å². The van der Waals surface area contributed by atoms with Crippen LogP contribution in [0.4, 0.5) is 17.2 Å². The molecule has 0 atom stereocenters. The lowest BCUT2D eigenvalue weighted by molar-refractivity contribution is -0.385. The summed E-state index contributed by atoms with van der Waals surface area (Å²) in [6.07, 6.45) is 5.15. The first-order valence-corrected chi connectivity index (χ1v) is 11.9. The average Bonchev–Trinajstić information content (AvgIpc) is 3.28. The van der Waals surface area contributed by atoms with Gasteiger partial charge in [-0.15, -0.1) is 0 Å². The van der Waals surface area contributed by atoms with E-state index >= 15 is 0 Å². The van der Waals surface area contributed by atoms with E-state index in [0.717, 1.165) is 6.20 Å². The number of pyridine rings is 2. The summed E-state index contributed by atoms with van der Waals surface area (Å²) in [5, 5.41) is 16.2. The van der Waals surface area contributed by atoms with Crippen molar-refractivity contribution in [2.24, 2.45) is 5.92 Å². The van der Waals surface area contributed by atoms with Crippen LogP contribution >= 0.6 is 0 Å². The number of hydrogen-bond acceptors (Lipinski definition) is 9. The molecule has 3 aromatic heterocycles. The first-order chi connectivity index (χ1) is 17.9. The third-order valence-corrected chi connectivity index (χ3v) is 6.63. The Kier molecular flexibility index (Phi) is 6.77. The fourth-order valence-electron chi connectivity index (χ4n) is 4.74. The van der Waals surface area contributed by atoms with Gasteiger partial charge in [-0.3, -0.25) is 29.5 Å². The minimum atomic E-state index is -0.691. The number of furan rings is 1. The number of nitrogens with zero attached hydrogens (tertiary/aromatic N) is 4. The van der Waals surface area contributed by atoms with E-state index in [0.29, 0.717) is 49.9 Å². The van der Waals surface area contributed by atoms with Crippen LogP contribution in [0.25, 0.3) is 11.1 Å². The van der Waals surface area contributed by atoms with Crippen molar-refractivity contribution in [3.63, 3.8) is 0 Å². The van der Waals surface area contributed by atoms with Gasteiger partial charge in [0, 0.05) is 30.8 Å². The zero-order valence-corrected chi connectivity index (χ0v) is 19.7. The molecule has 1 saturated carbocycles. The van der Waals surface area contributed by atoms with Crippen molar-refractivity contribution in [1.82, 2.24) is 14.9 Å². The molecule has 192 valence electrons. The highest BCUT2D eigenvalue weighted by atomic mass is 16.6. The van der Waals surface area contributed by atoms with Gasteiger partial charge in [0.1, 0.15) is 29.8 Å². The van der Waals surface area contributed by atoms with Gasteiger partial charge in [0.2, 0.25) is 17.6 Å². The molecule has 3 aromatic rings. The molecule has 1 saturated heterocycles. The van der Waals surface area contributed by atoms with Crippen LogP contribution < -0.4 is 10.6 Å². The molecule has 2 fully saturated rings. The van der Waals surface area contributed by atoms with Crippen LogP contribution in [-0.4, -0.2) is 63.3 Å². The highest BCUT2D eigenvalue weighted by Gasteiger charge is 2.34. The highest BCUT2D eigenvalue weighted by molar-refractivity contribution is 6.13. The van der Waals surface area contributed by atoms with Gasteiger partial charge >= 0.3 is 0 Å². The maximum absolute atomic E-state index is 13.2. The number of carbonyl (C=O) groups excluding carboxylic acids is 3. The molecule has 0 radical (unpaired) electrons. The molecule has 13 heteroatoms. The van der Waals surface area contributed by atoms with E-state index in [-0.39, 0.29) is 53.3 Å². The number of rotatable bonds is 6. The first-order valence-electron chi connectivity index (χ1n) is 11.9. The van der Waals surface area contributed by atoms with Gasteiger partial charge in [-0.05, 0) is 43.9 Å². The van der Waals surface area contributed by atoms with Crippen molar-refractivity contribution in [1.29, 1.82) is 0 Å². The molecule has 37 heavy (non-hydrogen) atoms. The van der Waals surface area contributed by atoms with Gasteiger partial charge in [0.15, 0.2) is 5.58 Å². The van der Waals surface area contributed by atoms with Crippen LogP contribution in [0.5, 0.6) is 0 Å². The number of nitro groups is 1. The zero-order valence-electron chi connectivity index (χ0n) is 19.7. The van der Waals surface area contributed by atoms with E-state index in [2.05, 4.69) is 20.6 Å². The van der Waals surface area contributed by atoms with Gasteiger partial charge < -0.3 is 24.7 Å². The Labute approximate surface area is 210 Å². The Morgan fingerprint density at radius 3 is 2.62 bits per heavy atom. The van der Waals surface area contributed by atoms with Gasteiger partial charge in [-0.2, -0.15) is 0 Å². The predicted octanol–water partition coefficient (Wildman–Crippen LogP) is 2.74. The fourth-order valence-corrected chi connectivity index (χ4v) is 4.74. The van der Waals surface area contributed by atoms with Crippen molar-refractivity contribution in [2.75, 3.05) is 30.4 Å². The number of amides is 3. The number of ether oxygens (including phenoxy) is 1. The summed E-state index contributed by atoms with van der Waals surface area (Å²) >= 11 is 0. The number of nitrogens with one attached hydrogen (secondary N) is 2. The number of hydrogen-bond donors (Lipinski definition) is 2. The molecule has 13 nitrogen and oxygen atoms in total. The van der Waals surface area contributed by atoms with Crippen molar-refractivity contribution in [3.05, 3.63) is 52.5 Å². The second-order valence-electron chi connectivity index (χ2n) is 8.90. The van der Waals surface area contributed by atoms with Gasteiger partial charge in [0.25, 0.3) is 11.6 Å². The lowest BCUT2D eigenvalue weighted by Gasteiger charge is -2.38. The first kappa shape index (κ1) is 24.3.